The zero-order valence-electron chi connectivity index (χ0n) is 14.7. The number of piperazine rings is 1. The summed E-state index contributed by atoms with van der Waals surface area (Å²) in [4.78, 5) is 17.0. The van der Waals surface area contributed by atoms with Crippen molar-refractivity contribution in [1.29, 1.82) is 0 Å². The van der Waals surface area contributed by atoms with E-state index in [9.17, 15) is 18.0 Å². The molecule has 1 aromatic carbocycles. The molecule has 1 atom stereocenters. The van der Waals surface area contributed by atoms with Gasteiger partial charge in [-0.1, -0.05) is 6.07 Å². The summed E-state index contributed by atoms with van der Waals surface area (Å²) in [5, 5.41) is 0. The summed E-state index contributed by atoms with van der Waals surface area (Å²) in [6.07, 6.45) is -4.94. The van der Waals surface area contributed by atoms with E-state index in [0.29, 0.717) is 0 Å². The summed E-state index contributed by atoms with van der Waals surface area (Å²) in [6, 6.07) is 5.96. The molecule has 0 radical (unpaired) electrons. The molecule has 25 heavy (non-hydrogen) atoms. The molecule has 1 aromatic rings. The number of alkyl halides is 3. The Hall–Kier alpha value is -1.80. The second-order valence-electron chi connectivity index (χ2n) is 6.29. The first-order valence-electron chi connectivity index (χ1n) is 8.17. The average Bonchev–Trinajstić information content (AvgIpc) is 2.55. The lowest BCUT2D eigenvalue weighted by Gasteiger charge is -2.35. The topological polar surface area (TPSA) is 36.0 Å². The van der Waals surface area contributed by atoms with Gasteiger partial charge in [0, 0.05) is 44.7 Å². The van der Waals surface area contributed by atoms with Gasteiger partial charge in [0.15, 0.2) is 0 Å². The molecule has 1 unspecified atom stereocenters. The molecule has 1 heterocycles. The highest BCUT2D eigenvalue weighted by Crippen LogP contribution is 2.29. The normalized spacial score (nSPS) is 17.4. The molecule has 0 bridgehead atoms. The molecule has 1 aliphatic heterocycles. The molecule has 0 aromatic heterocycles. The van der Waals surface area contributed by atoms with E-state index in [1.54, 1.807) is 12.1 Å². The van der Waals surface area contributed by atoms with Crippen LogP contribution in [-0.2, 0) is 9.53 Å². The highest BCUT2D eigenvalue weighted by Gasteiger charge is 2.44. The minimum atomic E-state index is -4.94. The van der Waals surface area contributed by atoms with Crippen LogP contribution in [0.4, 0.5) is 24.5 Å². The van der Waals surface area contributed by atoms with Gasteiger partial charge in [-0.05, 0) is 32.2 Å². The largest absolute Gasteiger partial charge is 0.471 e. The van der Waals surface area contributed by atoms with Gasteiger partial charge in [0.2, 0.25) is 0 Å². The Balaban J connectivity index is 2.31. The molecule has 1 fully saturated rings. The molecule has 8 heteroatoms. The first-order chi connectivity index (χ1) is 11.7. The van der Waals surface area contributed by atoms with Crippen molar-refractivity contribution < 1.29 is 22.7 Å². The van der Waals surface area contributed by atoms with E-state index in [2.05, 4.69) is 9.80 Å². The zero-order valence-corrected chi connectivity index (χ0v) is 14.7. The second-order valence-corrected chi connectivity index (χ2v) is 6.29. The van der Waals surface area contributed by atoms with Crippen LogP contribution in [0.15, 0.2) is 24.3 Å². The van der Waals surface area contributed by atoms with Crippen LogP contribution in [0.2, 0.25) is 0 Å². The maximum Gasteiger partial charge on any atom is 0.471 e. The van der Waals surface area contributed by atoms with Crippen LogP contribution in [0, 0.1) is 0 Å². The molecule has 1 amide bonds. The molecule has 5 nitrogen and oxygen atoms in total. The molecule has 0 aliphatic carbocycles. The Morgan fingerprint density at radius 3 is 2.48 bits per heavy atom. The van der Waals surface area contributed by atoms with Gasteiger partial charge in [0.25, 0.3) is 0 Å². The number of carbonyl (C=O) groups excluding carboxylic acids is 1. The molecule has 2 rings (SSSR count). The molecule has 1 saturated heterocycles. The van der Waals surface area contributed by atoms with E-state index in [1.165, 1.54) is 20.1 Å². The summed E-state index contributed by atoms with van der Waals surface area (Å²) in [7, 11) is 3.43. The number of benzene rings is 1. The number of hydrogen-bond acceptors (Lipinski definition) is 4. The van der Waals surface area contributed by atoms with Gasteiger partial charge in [0.05, 0.1) is 12.6 Å². The highest BCUT2D eigenvalue weighted by molar-refractivity contribution is 5.98. The number of rotatable bonds is 5. The zero-order chi connectivity index (χ0) is 18.6. The molecular weight excluding hydrogens is 335 g/mol. The number of ether oxygens (including phenoxy) is 1. The Bertz CT molecular complexity index is 587. The molecule has 0 N–H and O–H groups in total. The molecule has 1 aliphatic rings. The lowest BCUT2D eigenvalue weighted by molar-refractivity contribution is -0.171. The minimum absolute atomic E-state index is 0.0144. The van der Waals surface area contributed by atoms with Crippen molar-refractivity contribution in [3.8, 4) is 0 Å². The summed E-state index contributed by atoms with van der Waals surface area (Å²) < 4.78 is 44.1. The monoisotopic (exact) mass is 359 g/mol. The van der Waals surface area contributed by atoms with Gasteiger partial charge < -0.3 is 14.5 Å². The Kier molecular flexibility index (Phi) is 6.29. The number of hydrogen-bond donors (Lipinski definition) is 0. The number of halogens is 3. The van der Waals surface area contributed by atoms with Crippen LogP contribution in [0.5, 0.6) is 0 Å². The third kappa shape index (κ3) is 4.85. The van der Waals surface area contributed by atoms with Crippen LogP contribution >= 0.6 is 0 Å². The van der Waals surface area contributed by atoms with Crippen LogP contribution in [0.3, 0.4) is 0 Å². The second kappa shape index (κ2) is 8.05. The smallest absolute Gasteiger partial charge is 0.383 e. The van der Waals surface area contributed by atoms with Crippen molar-refractivity contribution in [3.63, 3.8) is 0 Å². The quantitative estimate of drug-likeness (QED) is 0.809. The summed E-state index contributed by atoms with van der Waals surface area (Å²) >= 11 is 0. The van der Waals surface area contributed by atoms with Crippen LogP contribution in [0.1, 0.15) is 6.92 Å². The molecular formula is C17H24F3N3O2. The Labute approximate surface area is 145 Å². The van der Waals surface area contributed by atoms with E-state index in [4.69, 9.17) is 4.74 Å². The van der Waals surface area contributed by atoms with Gasteiger partial charge in [-0.3, -0.25) is 9.69 Å². The van der Waals surface area contributed by atoms with Crippen molar-refractivity contribution in [3.05, 3.63) is 24.3 Å². The van der Waals surface area contributed by atoms with Crippen molar-refractivity contribution >= 4 is 17.3 Å². The van der Waals surface area contributed by atoms with Crippen molar-refractivity contribution in [2.75, 3.05) is 56.7 Å². The predicted molar refractivity (Wildman–Crippen MR) is 91.0 cm³/mol. The lowest BCUT2D eigenvalue weighted by Crippen LogP contribution is -2.48. The Morgan fingerprint density at radius 2 is 1.92 bits per heavy atom. The minimum Gasteiger partial charge on any atom is -0.383 e. The SMILES string of the molecule is COCC(C)N(C(=O)C(F)(F)F)c1cccc(N2CCN(C)CC2)c1. The average molecular weight is 359 g/mol. The van der Waals surface area contributed by atoms with Gasteiger partial charge in [-0.25, -0.2) is 0 Å². The standard InChI is InChI=1S/C17H24F3N3O2/c1-13(12-25-3)23(16(24)17(18,19)20)15-6-4-5-14(11-15)22-9-7-21(2)8-10-22/h4-6,11,13H,7-10,12H2,1-3H3. The van der Waals surface area contributed by atoms with E-state index < -0.39 is 18.1 Å². The molecule has 0 spiro atoms. The number of amides is 1. The number of methoxy groups -OCH3 is 1. The number of nitrogens with zero attached hydrogens (tertiary/aromatic N) is 3. The number of likely N-dealkylation sites (N-methyl/N-ethyl adjacent to an activating group) is 1. The van der Waals surface area contributed by atoms with E-state index in [0.717, 1.165) is 36.8 Å². The van der Waals surface area contributed by atoms with Gasteiger partial charge in [0.1, 0.15) is 0 Å². The van der Waals surface area contributed by atoms with E-state index in [1.807, 2.05) is 13.1 Å². The first-order valence-corrected chi connectivity index (χ1v) is 8.17. The summed E-state index contributed by atoms with van der Waals surface area (Å²) in [6.45, 7) is 4.91. The van der Waals surface area contributed by atoms with Crippen molar-refractivity contribution in [1.82, 2.24) is 4.90 Å². The predicted octanol–water partition coefficient (Wildman–Crippen LogP) is 2.37. The van der Waals surface area contributed by atoms with Gasteiger partial charge in [-0.2, -0.15) is 13.2 Å². The Morgan fingerprint density at radius 1 is 1.28 bits per heavy atom. The van der Waals surface area contributed by atoms with Crippen molar-refractivity contribution in [2.24, 2.45) is 0 Å². The van der Waals surface area contributed by atoms with Crippen molar-refractivity contribution in [2.45, 2.75) is 19.1 Å². The number of carbonyl (C=O) groups is 1. The fourth-order valence-corrected chi connectivity index (χ4v) is 2.93. The first kappa shape index (κ1) is 19.5. The van der Waals surface area contributed by atoms with Crippen LogP contribution < -0.4 is 9.80 Å². The third-order valence-electron chi connectivity index (χ3n) is 4.29. The maximum atomic E-state index is 13.0. The molecule has 140 valence electrons. The van der Waals surface area contributed by atoms with Crippen LogP contribution in [-0.4, -0.2) is 70.0 Å². The number of anilines is 2. The third-order valence-corrected chi connectivity index (χ3v) is 4.29. The van der Waals surface area contributed by atoms with Crippen LogP contribution in [0.25, 0.3) is 0 Å². The van der Waals surface area contributed by atoms with Gasteiger partial charge >= 0.3 is 12.1 Å². The lowest BCUT2D eigenvalue weighted by atomic mass is 10.1. The van der Waals surface area contributed by atoms with Gasteiger partial charge in [-0.15, -0.1) is 0 Å². The summed E-state index contributed by atoms with van der Waals surface area (Å²) in [5.41, 5.74) is 1.04. The molecule has 0 saturated carbocycles. The highest BCUT2D eigenvalue weighted by atomic mass is 19.4. The van der Waals surface area contributed by atoms with E-state index >= 15 is 0 Å². The van der Waals surface area contributed by atoms with E-state index in [-0.39, 0.29) is 12.3 Å². The maximum absolute atomic E-state index is 13.0. The fourth-order valence-electron chi connectivity index (χ4n) is 2.93. The fraction of sp³-hybridized carbons (Fsp3) is 0.588. The summed E-state index contributed by atoms with van der Waals surface area (Å²) in [5.74, 6) is -1.88.